The zero-order valence-corrected chi connectivity index (χ0v) is 11.4. The van der Waals surface area contributed by atoms with E-state index in [4.69, 9.17) is 9.84 Å². The fourth-order valence-corrected chi connectivity index (χ4v) is 2.70. The molecule has 2 aromatic rings. The average Bonchev–Trinajstić information content (AvgIpc) is 2.53. The summed E-state index contributed by atoms with van der Waals surface area (Å²) in [7, 11) is 0. The monoisotopic (exact) mass is 273 g/mol. The number of aliphatic hydroxyl groups is 1. The van der Waals surface area contributed by atoms with Gasteiger partial charge >= 0.3 is 0 Å². The topological polar surface area (TPSA) is 58.5 Å². The number of aromatic nitrogens is 2. The number of anilines is 1. The first-order chi connectivity index (χ1) is 9.88. The number of piperidine rings is 1. The molecule has 0 atom stereocenters. The molecule has 1 aliphatic heterocycles. The van der Waals surface area contributed by atoms with Gasteiger partial charge in [-0.25, -0.2) is 0 Å². The Kier molecular flexibility index (Phi) is 4.08. The van der Waals surface area contributed by atoms with Crippen LogP contribution in [0.15, 0.2) is 30.5 Å². The lowest BCUT2D eigenvalue weighted by molar-refractivity contribution is 0.0158. The summed E-state index contributed by atoms with van der Waals surface area (Å²) in [5.74, 6) is 0.962. The largest absolute Gasteiger partial charge is 0.394 e. The molecule has 1 aliphatic rings. The first kappa shape index (κ1) is 13.3. The Morgan fingerprint density at radius 1 is 1.25 bits per heavy atom. The molecular weight excluding hydrogens is 254 g/mol. The van der Waals surface area contributed by atoms with Crippen molar-refractivity contribution in [2.45, 2.75) is 18.9 Å². The molecule has 0 radical (unpaired) electrons. The lowest BCUT2D eigenvalue weighted by Crippen LogP contribution is -2.38. The summed E-state index contributed by atoms with van der Waals surface area (Å²) in [6, 6.07) is 8.20. The third-order valence-electron chi connectivity index (χ3n) is 3.74. The first-order valence-corrected chi connectivity index (χ1v) is 7.06. The Bertz CT molecular complexity index is 563. The second kappa shape index (κ2) is 6.15. The van der Waals surface area contributed by atoms with Gasteiger partial charge in [0.15, 0.2) is 5.82 Å². The molecule has 0 spiro atoms. The lowest BCUT2D eigenvalue weighted by atomic mass is 10.1. The van der Waals surface area contributed by atoms with Crippen molar-refractivity contribution >= 4 is 16.6 Å². The molecule has 0 unspecified atom stereocenters. The molecule has 0 amide bonds. The molecule has 1 N–H and O–H groups in total. The minimum absolute atomic E-state index is 0.0923. The third kappa shape index (κ3) is 2.73. The van der Waals surface area contributed by atoms with Gasteiger partial charge in [0.05, 0.1) is 25.5 Å². The summed E-state index contributed by atoms with van der Waals surface area (Å²) in [6.45, 7) is 2.35. The number of fused-ring (bicyclic) bond motifs is 1. The van der Waals surface area contributed by atoms with Gasteiger partial charge in [-0.05, 0) is 12.8 Å². The van der Waals surface area contributed by atoms with Crippen molar-refractivity contribution in [1.29, 1.82) is 0 Å². The van der Waals surface area contributed by atoms with Crippen LogP contribution in [-0.4, -0.2) is 47.7 Å². The number of aliphatic hydroxyl groups excluding tert-OH is 1. The highest BCUT2D eigenvalue weighted by molar-refractivity contribution is 5.91. The van der Waals surface area contributed by atoms with Gasteiger partial charge in [-0.2, -0.15) is 5.10 Å². The molecule has 1 aromatic carbocycles. The van der Waals surface area contributed by atoms with Crippen molar-refractivity contribution in [3.05, 3.63) is 30.5 Å². The smallest absolute Gasteiger partial charge is 0.159 e. The van der Waals surface area contributed by atoms with Gasteiger partial charge in [0.2, 0.25) is 0 Å². The van der Waals surface area contributed by atoms with Crippen LogP contribution in [0.2, 0.25) is 0 Å². The van der Waals surface area contributed by atoms with Crippen LogP contribution in [0.4, 0.5) is 5.82 Å². The highest BCUT2D eigenvalue weighted by Gasteiger charge is 2.21. The Labute approximate surface area is 118 Å². The first-order valence-electron chi connectivity index (χ1n) is 7.06. The molecule has 0 aliphatic carbocycles. The average molecular weight is 273 g/mol. The Morgan fingerprint density at radius 3 is 2.85 bits per heavy atom. The zero-order valence-electron chi connectivity index (χ0n) is 11.4. The van der Waals surface area contributed by atoms with E-state index >= 15 is 0 Å². The van der Waals surface area contributed by atoms with E-state index in [1.807, 2.05) is 12.1 Å². The summed E-state index contributed by atoms with van der Waals surface area (Å²) < 4.78 is 5.59. The van der Waals surface area contributed by atoms with Gasteiger partial charge < -0.3 is 14.7 Å². The summed E-state index contributed by atoms with van der Waals surface area (Å²) in [5.41, 5.74) is 0. The highest BCUT2D eigenvalue weighted by Crippen LogP contribution is 2.26. The number of hydrogen-bond donors (Lipinski definition) is 1. The highest BCUT2D eigenvalue weighted by atomic mass is 16.5. The molecule has 5 heteroatoms. The fraction of sp³-hybridized carbons (Fsp3) is 0.467. The van der Waals surface area contributed by atoms with E-state index in [0.717, 1.165) is 42.5 Å². The summed E-state index contributed by atoms with van der Waals surface area (Å²) in [4.78, 5) is 2.27. The molecule has 1 saturated heterocycles. The van der Waals surface area contributed by atoms with E-state index in [9.17, 15) is 0 Å². The van der Waals surface area contributed by atoms with Gasteiger partial charge in [-0.15, -0.1) is 5.10 Å². The van der Waals surface area contributed by atoms with Crippen molar-refractivity contribution in [2.75, 3.05) is 31.2 Å². The van der Waals surface area contributed by atoms with Crippen molar-refractivity contribution in [1.82, 2.24) is 10.2 Å². The van der Waals surface area contributed by atoms with E-state index in [-0.39, 0.29) is 12.7 Å². The van der Waals surface area contributed by atoms with Crippen LogP contribution >= 0.6 is 0 Å². The number of benzene rings is 1. The van der Waals surface area contributed by atoms with Gasteiger partial charge in [-0.1, -0.05) is 24.3 Å². The molecule has 20 heavy (non-hydrogen) atoms. The molecule has 0 bridgehead atoms. The van der Waals surface area contributed by atoms with Gasteiger partial charge in [0.25, 0.3) is 0 Å². The van der Waals surface area contributed by atoms with Crippen molar-refractivity contribution in [3.8, 4) is 0 Å². The summed E-state index contributed by atoms with van der Waals surface area (Å²) in [5, 5.41) is 19.5. The summed E-state index contributed by atoms with van der Waals surface area (Å²) >= 11 is 0. The van der Waals surface area contributed by atoms with Gasteiger partial charge in [0.1, 0.15) is 0 Å². The number of rotatable bonds is 4. The molecule has 1 aromatic heterocycles. The third-order valence-corrected chi connectivity index (χ3v) is 3.74. The fourth-order valence-electron chi connectivity index (χ4n) is 2.70. The van der Waals surface area contributed by atoms with E-state index in [1.54, 1.807) is 6.20 Å². The lowest BCUT2D eigenvalue weighted by Gasteiger charge is -2.32. The summed E-state index contributed by atoms with van der Waals surface area (Å²) in [6.07, 6.45) is 3.98. The van der Waals surface area contributed by atoms with Gasteiger partial charge in [-0.3, -0.25) is 0 Å². The second-order valence-electron chi connectivity index (χ2n) is 5.04. The minimum atomic E-state index is 0.0923. The normalized spacial score (nSPS) is 16.8. The maximum absolute atomic E-state index is 8.79. The molecule has 3 rings (SSSR count). The molecule has 5 nitrogen and oxygen atoms in total. The quantitative estimate of drug-likeness (QED) is 0.917. The van der Waals surface area contributed by atoms with E-state index in [2.05, 4.69) is 27.2 Å². The Morgan fingerprint density at radius 2 is 2.05 bits per heavy atom. The molecular formula is C15H19N3O2. The molecule has 1 fully saturated rings. The van der Waals surface area contributed by atoms with E-state index < -0.39 is 0 Å². The number of hydrogen-bond acceptors (Lipinski definition) is 5. The van der Waals surface area contributed by atoms with Crippen LogP contribution < -0.4 is 4.90 Å². The standard InChI is InChI=1S/C15H19N3O2/c19-9-10-20-13-5-7-18(8-6-13)15-14-4-2-1-3-12(14)11-16-17-15/h1-4,11,13,19H,5-10H2. The zero-order chi connectivity index (χ0) is 13.8. The van der Waals surface area contributed by atoms with Crippen LogP contribution in [0.1, 0.15) is 12.8 Å². The van der Waals surface area contributed by atoms with E-state index in [0.29, 0.717) is 6.61 Å². The van der Waals surface area contributed by atoms with E-state index in [1.165, 1.54) is 0 Å². The molecule has 2 heterocycles. The number of ether oxygens (including phenoxy) is 1. The Balaban J connectivity index is 1.74. The van der Waals surface area contributed by atoms with Crippen LogP contribution in [0.5, 0.6) is 0 Å². The van der Waals surface area contributed by atoms with Gasteiger partial charge in [0, 0.05) is 23.9 Å². The SMILES string of the molecule is OCCOC1CCN(c2nncc3ccccc23)CC1. The number of nitrogens with zero attached hydrogens (tertiary/aromatic N) is 3. The minimum Gasteiger partial charge on any atom is -0.394 e. The predicted octanol–water partition coefficient (Wildman–Crippen LogP) is 1.61. The van der Waals surface area contributed by atoms with Crippen molar-refractivity contribution < 1.29 is 9.84 Å². The van der Waals surface area contributed by atoms with Crippen LogP contribution in [0, 0.1) is 0 Å². The van der Waals surface area contributed by atoms with Crippen molar-refractivity contribution in [2.24, 2.45) is 0 Å². The van der Waals surface area contributed by atoms with Crippen LogP contribution in [0.25, 0.3) is 10.8 Å². The predicted molar refractivity (Wildman–Crippen MR) is 77.8 cm³/mol. The van der Waals surface area contributed by atoms with Crippen LogP contribution in [-0.2, 0) is 4.74 Å². The van der Waals surface area contributed by atoms with Crippen molar-refractivity contribution in [3.63, 3.8) is 0 Å². The molecule has 106 valence electrons. The molecule has 0 saturated carbocycles. The maximum Gasteiger partial charge on any atom is 0.159 e. The van der Waals surface area contributed by atoms with Crippen LogP contribution in [0.3, 0.4) is 0 Å². The maximum atomic E-state index is 8.79. The Hall–Kier alpha value is -1.72. The second-order valence-corrected chi connectivity index (χ2v) is 5.04.